The second-order valence-electron chi connectivity index (χ2n) is 7.17. The summed E-state index contributed by atoms with van der Waals surface area (Å²) in [4.78, 5) is 17.3. The Morgan fingerprint density at radius 3 is 2.48 bits per heavy atom. The molecule has 0 radical (unpaired) electrons. The highest BCUT2D eigenvalue weighted by Gasteiger charge is 2.22. The molecule has 0 saturated carbocycles. The molecule has 1 amide bonds. The number of hydrogen-bond donors (Lipinski definition) is 2. The zero-order valence-corrected chi connectivity index (χ0v) is 16.5. The maximum absolute atomic E-state index is 12.9. The summed E-state index contributed by atoms with van der Waals surface area (Å²) in [5.74, 6) is 0.649. The lowest BCUT2D eigenvalue weighted by atomic mass is 10.1. The van der Waals surface area contributed by atoms with Crippen LogP contribution < -0.4 is 5.32 Å². The lowest BCUT2D eigenvalue weighted by Crippen LogP contribution is -2.16. The number of aryl methyl sites for hydroxylation is 1. The van der Waals surface area contributed by atoms with Gasteiger partial charge in [0.2, 0.25) is 5.95 Å². The van der Waals surface area contributed by atoms with Gasteiger partial charge in [0.05, 0.1) is 23.1 Å². The quantitative estimate of drug-likeness (QED) is 0.534. The second kappa shape index (κ2) is 7.71. The van der Waals surface area contributed by atoms with Crippen LogP contribution in [0.1, 0.15) is 41.4 Å². The Balaban J connectivity index is 1.59. The fourth-order valence-electron chi connectivity index (χ4n) is 3.19. The lowest BCUT2D eigenvalue weighted by Gasteiger charge is -2.12. The molecule has 0 bridgehead atoms. The van der Waals surface area contributed by atoms with Gasteiger partial charge in [0.25, 0.3) is 5.91 Å². The fraction of sp³-hybridized carbons (Fsp3) is 0.182. The van der Waals surface area contributed by atoms with Crippen LogP contribution in [0.15, 0.2) is 60.8 Å². The molecule has 0 aliphatic carbocycles. The van der Waals surface area contributed by atoms with Crippen molar-refractivity contribution in [1.29, 1.82) is 0 Å². The number of para-hydroxylation sites is 1. The lowest BCUT2D eigenvalue weighted by molar-refractivity contribution is 0.102. The minimum Gasteiger partial charge on any atom is -0.289 e. The molecular weight excluding hydrogens is 364 g/mol. The third-order valence-corrected chi connectivity index (χ3v) is 4.63. The minimum atomic E-state index is -0.287. The van der Waals surface area contributed by atoms with Crippen LogP contribution in [-0.4, -0.2) is 30.9 Å². The largest absolute Gasteiger partial charge is 0.289 e. The molecule has 0 atom stereocenters. The first kappa shape index (κ1) is 18.6. The third kappa shape index (κ3) is 3.80. The average Bonchev–Trinajstić information content (AvgIpc) is 3.36. The number of amides is 1. The molecule has 2 aromatic carbocycles. The highest BCUT2D eigenvalue weighted by molar-refractivity contribution is 6.04. The van der Waals surface area contributed by atoms with Crippen LogP contribution in [0.5, 0.6) is 0 Å². The van der Waals surface area contributed by atoms with Gasteiger partial charge in [-0.15, -0.1) is 5.10 Å². The molecule has 0 aliphatic rings. The maximum atomic E-state index is 12.9. The maximum Gasteiger partial charge on any atom is 0.261 e. The average molecular weight is 386 g/mol. The number of H-pyrrole nitrogens is 1. The molecule has 0 fully saturated rings. The normalized spacial score (nSPS) is 11.0. The molecular formula is C22H22N6O. The minimum absolute atomic E-state index is 0.105. The van der Waals surface area contributed by atoms with Crippen molar-refractivity contribution < 1.29 is 4.79 Å². The van der Waals surface area contributed by atoms with Gasteiger partial charge < -0.3 is 0 Å². The Labute approximate surface area is 168 Å². The zero-order valence-electron chi connectivity index (χ0n) is 16.5. The molecule has 2 heterocycles. The van der Waals surface area contributed by atoms with E-state index in [4.69, 9.17) is 0 Å². The predicted molar refractivity (Wildman–Crippen MR) is 112 cm³/mol. The van der Waals surface area contributed by atoms with E-state index in [1.54, 1.807) is 10.9 Å². The second-order valence-corrected chi connectivity index (χ2v) is 7.17. The third-order valence-electron chi connectivity index (χ3n) is 4.63. The highest BCUT2D eigenvalue weighted by Crippen LogP contribution is 2.24. The van der Waals surface area contributed by atoms with E-state index in [-0.39, 0.29) is 17.8 Å². The van der Waals surface area contributed by atoms with Crippen LogP contribution in [0.25, 0.3) is 17.1 Å². The van der Waals surface area contributed by atoms with Crippen LogP contribution in [0.4, 0.5) is 5.95 Å². The van der Waals surface area contributed by atoms with Gasteiger partial charge in [-0.05, 0) is 25.0 Å². The standard InChI is InChI=1S/C22H22N6O/c1-14(2)19-18(13-23-28(19)17-7-5-4-6-8-17)21(29)25-22-24-20(26-27-22)16-11-9-15(3)10-12-16/h4-14H,1-3H3,(H2,24,25,26,27,29). The van der Waals surface area contributed by atoms with Crippen molar-refractivity contribution in [3.05, 3.63) is 77.6 Å². The van der Waals surface area contributed by atoms with Crippen LogP contribution in [0.2, 0.25) is 0 Å². The number of rotatable bonds is 5. The number of carbonyl (C=O) groups is 1. The van der Waals surface area contributed by atoms with Gasteiger partial charge in [-0.3, -0.25) is 15.2 Å². The summed E-state index contributed by atoms with van der Waals surface area (Å²) >= 11 is 0. The number of aromatic nitrogens is 5. The zero-order chi connectivity index (χ0) is 20.4. The summed E-state index contributed by atoms with van der Waals surface area (Å²) in [6.07, 6.45) is 1.59. The molecule has 4 aromatic rings. The Bertz CT molecular complexity index is 1130. The first-order chi connectivity index (χ1) is 14.0. The topological polar surface area (TPSA) is 88.5 Å². The van der Waals surface area contributed by atoms with Crippen molar-refractivity contribution >= 4 is 11.9 Å². The summed E-state index contributed by atoms with van der Waals surface area (Å²) < 4.78 is 1.80. The van der Waals surface area contributed by atoms with Gasteiger partial charge in [0, 0.05) is 5.56 Å². The molecule has 7 heteroatoms. The Morgan fingerprint density at radius 1 is 1.07 bits per heavy atom. The first-order valence-corrected chi connectivity index (χ1v) is 9.47. The van der Waals surface area contributed by atoms with E-state index in [0.717, 1.165) is 16.9 Å². The summed E-state index contributed by atoms with van der Waals surface area (Å²) in [6.45, 7) is 6.10. The molecule has 0 aliphatic heterocycles. The predicted octanol–water partition coefficient (Wildman–Crippen LogP) is 4.34. The van der Waals surface area contributed by atoms with Crippen molar-refractivity contribution in [2.45, 2.75) is 26.7 Å². The summed E-state index contributed by atoms with van der Waals surface area (Å²) in [7, 11) is 0. The molecule has 2 aromatic heterocycles. The van der Waals surface area contributed by atoms with Crippen molar-refractivity contribution in [2.75, 3.05) is 5.32 Å². The molecule has 0 spiro atoms. The highest BCUT2D eigenvalue weighted by atomic mass is 16.1. The van der Waals surface area contributed by atoms with Crippen LogP contribution >= 0.6 is 0 Å². The van der Waals surface area contributed by atoms with E-state index in [0.29, 0.717) is 11.4 Å². The molecule has 4 rings (SSSR count). The molecule has 146 valence electrons. The van der Waals surface area contributed by atoms with E-state index < -0.39 is 0 Å². The van der Waals surface area contributed by atoms with Gasteiger partial charge in [-0.2, -0.15) is 10.1 Å². The van der Waals surface area contributed by atoms with E-state index in [2.05, 4.69) is 25.6 Å². The number of nitrogens with zero attached hydrogens (tertiary/aromatic N) is 4. The van der Waals surface area contributed by atoms with Crippen LogP contribution in [0.3, 0.4) is 0 Å². The molecule has 0 saturated heterocycles. The first-order valence-electron chi connectivity index (χ1n) is 9.47. The number of anilines is 1. The van der Waals surface area contributed by atoms with E-state index in [1.807, 2.05) is 75.4 Å². The van der Waals surface area contributed by atoms with Gasteiger partial charge in [-0.1, -0.05) is 61.9 Å². The number of hydrogen-bond acceptors (Lipinski definition) is 4. The van der Waals surface area contributed by atoms with E-state index in [9.17, 15) is 4.79 Å². The van der Waals surface area contributed by atoms with Crippen molar-refractivity contribution in [3.63, 3.8) is 0 Å². The van der Waals surface area contributed by atoms with Crippen molar-refractivity contribution in [3.8, 4) is 17.1 Å². The van der Waals surface area contributed by atoms with Crippen LogP contribution in [-0.2, 0) is 0 Å². The van der Waals surface area contributed by atoms with Gasteiger partial charge in [0.1, 0.15) is 0 Å². The monoisotopic (exact) mass is 386 g/mol. The number of nitrogens with one attached hydrogen (secondary N) is 2. The van der Waals surface area contributed by atoms with E-state index >= 15 is 0 Å². The van der Waals surface area contributed by atoms with Gasteiger partial charge in [-0.25, -0.2) is 4.68 Å². The number of aromatic amines is 1. The number of carbonyl (C=O) groups excluding carboxylic acids is 1. The molecule has 2 N–H and O–H groups in total. The summed E-state index contributed by atoms with van der Waals surface area (Å²) in [5.41, 5.74) is 4.32. The SMILES string of the molecule is Cc1ccc(-c2nc(NC(=O)c3cnn(-c4ccccc4)c3C(C)C)n[nH]2)cc1. The van der Waals surface area contributed by atoms with Crippen molar-refractivity contribution in [2.24, 2.45) is 0 Å². The summed E-state index contributed by atoms with van der Waals surface area (Å²) in [6, 6.07) is 17.7. The Kier molecular flexibility index (Phi) is 4.95. The Morgan fingerprint density at radius 2 is 1.79 bits per heavy atom. The van der Waals surface area contributed by atoms with Crippen LogP contribution in [0, 0.1) is 6.92 Å². The van der Waals surface area contributed by atoms with Crippen molar-refractivity contribution in [1.82, 2.24) is 25.0 Å². The fourth-order valence-corrected chi connectivity index (χ4v) is 3.19. The molecule has 0 unspecified atom stereocenters. The smallest absolute Gasteiger partial charge is 0.261 e. The van der Waals surface area contributed by atoms with E-state index in [1.165, 1.54) is 5.56 Å². The molecule has 7 nitrogen and oxygen atoms in total. The Hall–Kier alpha value is -3.74. The van der Waals surface area contributed by atoms with Gasteiger partial charge in [0.15, 0.2) is 5.82 Å². The molecule has 29 heavy (non-hydrogen) atoms. The number of benzene rings is 2. The summed E-state index contributed by atoms with van der Waals surface area (Å²) in [5, 5.41) is 14.2. The van der Waals surface area contributed by atoms with Gasteiger partial charge >= 0.3 is 0 Å².